The first-order valence-corrected chi connectivity index (χ1v) is 7.71. The van der Waals surface area contributed by atoms with Crippen LogP contribution in [0.2, 0.25) is 10.0 Å². The lowest BCUT2D eigenvalue weighted by Gasteiger charge is -2.19. The van der Waals surface area contributed by atoms with Gasteiger partial charge in [0.2, 0.25) is 11.8 Å². The van der Waals surface area contributed by atoms with Crippen LogP contribution in [-0.4, -0.2) is 18.9 Å². The van der Waals surface area contributed by atoms with Crippen molar-refractivity contribution in [2.75, 3.05) is 12.0 Å². The summed E-state index contributed by atoms with van der Waals surface area (Å²) in [5.41, 5.74) is 0.363. The molecule has 6 heteroatoms. The van der Waals surface area contributed by atoms with E-state index in [0.717, 1.165) is 25.7 Å². The van der Waals surface area contributed by atoms with Crippen LogP contribution in [0.3, 0.4) is 0 Å². The minimum Gasteiger partial charge on any atom is -0.495 e. The minimum atomic E-state index is -0.205. The predicted octanol–water partition coefficient (Wildman–Crippen LogP) is 3.68. The van der Waals surface area contributed by atoms with E-state index in [1.807, 2.05) is 0 Å². The molecule has 0 N–H and O–H groups in total. The zero-order valence-corrected chi connectivity index (χ0v) is 13.1. The Morgan fingerprint density at radius 3 is 2.14 bits per heavy atom. The van der Waals surface area contributed by atoms with Crippen molar-refractivity contribution < 1.29 is 14.3 Å². The van der Waals surface area contributed by atoms with Gasteiger partial charge in [0.25, 0.3) is 0 Å². The Balaban J connectivity index is 2.04. The molecule has 1 aromatic rings. The topological polar surface area (TPSA) is 46.6 Å². The quantitative estimate of drug-likeness (QED) is 0.778. The molecule has 4 nitrogen and oxygen atoms in total. The number of amides is 2. The highest BCUT2D eigenvalue weighted by Gasteiger charge is 2.49. The number of halogens is 2. The van der Waals surface area contributed by atoms with Crippen LogP contribution < -0.4 is 9.64 Å². The standard InChI is InChI=1S/C15H15Cl2NO3/c1-21-13-7-12(10(16)6-11(13)17)18-14(19)8-4-2-3-5-9(8)15(18)20/h6-9H,2-5H2,1H3. The van der Waals surface area contributed by atoms with Gasteiger partial charge in [-0.1, -0.05) is 36.0 Å². The molecule has 2 atom stereocenters. The van der Waals surface area contributed by atoms with Crippen molar-refractivity contribution in [3.05, 3.63) is 22.2 Å². The molecule has 112 valence electrons. The molecule has 21 heavy (non-hydrogen) atoms. The number of benzene rings is 1. The number of ether oxygens (including phenoxy) is 1. The van der Waals surface area contributed by atoms with Crippen molar-refractivity contribution in [1.29, 1.82) is 0 Å². The van der Waals surface area contributed by atoms with Crippen LogP contribution in [0.5, 0.6) is 5.75 Å². The second-order valence-corrected chi connectivity index (χ2v) is 6.26. The lowest BCUT2D eigenvalue weighted by atomic mass is 9.81. The molecule has 0 spiro atoms. The summed E-state index contributed by atoms with van der Waals surface area (Å²) in [6, 6.07) is 3.05. The SMILES string of the molecule is COc1cc(N2C(=O)C3CCCCC3C2=O)c(Cl)cc1Cl. The number of imide groups is 1. The molecule has 1 saturated carbocycles. The Morgan fingerprint density at radius 1 is 1.05 bits per heavy atom. The summed E-state index contributed by atoms with van der Waals surface area (Å²) in [4.78, 5) is 26.3. The van der Waals surface area contributed by atoms with Crippen LogP contribution >= 0.6 is 23.2 Å². The van der Waals surface area contributed by atoms with E-state index in [1.54, 1.807) is 6.07 Å². The summed E-state index contributed by atoms with van der Waals surface area (Å²) in [6.07, 6.45) is 3.53. The minimum absolute atomic E-state index is 0.157. The summed E-state index contributed by atoms with van der Waals surface area (Å²) in [5.74, 6) is -0.327. The molecule has 0 bridgehead atoms. The van der Waals surface area contributed by atoms with Crippen LogP contribution in [0.25, 0.3) is 0 Å². The number of carbonyl (C=O) groups excluding carboxylic acids is 2. The second kappa shape index (κ2) is 5.50. The van der Waals surface area contributed by atoms with Gasteiger partial charge in [-0.15, -0.1) is 0 Å². The van der Waals surface area contributed by atoms with Gasteiger partial charge in [-0.3, -0.25) is 9.59 Å². The third-order valence-electron chi connectivity index (χ3n) is 4.30. The van der Waals surface area contributed by atoms with Crippen LogP contribution in [0, 0.1) is 11.8 Å². The number of carbonyl (C=O) groups is 2. The smallest absolute Gasteiger partial charge is 0.237 e. The molecule has 1 saturated heterocycles. The highest BCUT2D eigenvalue weighted by atomic mass is 35.5. The van der Waals surface area contributed by atoms with E-state index in [-0.39, 0.29) is 28.7 Å². The zero-order chi connectivity index (χ0) is 15.1. The largest absolute Gasteiger partial charge is 0.495 e. The van der Waals surface area contributed by atoms with E-state index in [9.17, 15) is 9.59 Å². The summed E-state index contributed by atoms with van der Waals surface area (Å²) < 4.78 is 5.15. The zero-order valence-electron chi connectivity index (χ0n) is 11.6. The molecule has 0 aromatic heterocycles. The normalized spacial score (nSPS) is 25.2. The maximum absolute atomic E-state index is 12.6. The third kappa shape index (κ3) is 2.30. The lowest BCUT2D eigenvalue weighted by Crippen LogP contribution is -2.31. The van der Waals surface area contributed by atoms with Gasteiger partial charge in [0.15, 0.2) is 0 Å². The molecule has 2 fully saturated rings. The van der Waals surface area contributed by atoms with Crippen LogP contribution in [0.4, 0.5) is 5.69 Å². The first kappa shape index (κ1) is 14.7. The van der Waals surface area contributed by atoms with Crippen molar-refractivity contribution in [2.24, 2.45) is 11.8 Å². The van der Waals surface area contributed by atoms with Crippen molar-refractivity contribution >= 4 is 40.7 Å². The highest BCUT2D eigenvalue weighted by Crippen LogP contribution is 2.44. The van der Waals surface area contributed by atoms with E-state index in [2.05, 4.69) is 0 Å². The molecule has 0 radical (unpaired) electrons. The number of hydrogen-bond acceptors (Lipinski definition) is 3. The Kier molecular flexibility index (Phi) is 3.84. The number of fused-ring (bicyclic) bond motifs is 1. The van der Waals surface area contributed by atoms with Crippen LogP contribution in [-0.2, 0) is 9.59 Å². The van der Waals surface area contributed by atoms with Gasteiger partial charge in [-0.25, -0.2) is 4.90 Å². The van der Waals surface area contributed by atoms with Gasteiger partial charge in [-0.2, -0.15) is 0 Å². The Morgan fingerprint density at radius 2 is 1.62 bits per heavy atom. The number of hydrogen-bond donors (Lipinski definition) is 0. The highest BCUT2D eigenvalue weighted by molar-refractivity contribution is 6.39. The number of nitrogens with zero attached hydrogens (tertiary/aromatic N) is 1. The van der Waals surface area contributed by atoms with Gasteiger partial charge in [-0.05, 0) is 18.9 Å². The summed E-state index contributed by atoms with van der Waals surface area (Å²) >= 11 is 12.2. The van der Waals surface area contributed by atoms with Crippen LogP contribution in [0.15, 0.2) is 12.1 Å². The number of rotatable bonds is 2. The maximum Gasteiger partial charge on any atom is 0.237 e. The summed E-state index contributed by atoms with van der Waals surface area (Å²) in [6.45, 7) is 0. The van der Waals surface area contributed by atoms with Crippen molar-refractivity contribution in [3.8, 4) is 5.75 Å². The van der Waals surface area contributed by atoms with E-state index in [0.29, 0.717) is 16.5 Å². The van der Waals surface area contributed by atoms with Gasteiger partial charge in [0.1, 0.15) is 5.75 Å². The molecule has 1 aromatic carbocycles. The second-order valence-electron chi connectivity index (χ2n) is 5.45. The fourth-order valence-corrected chi connectivity index (χ4v) is 3.79. The first-order valence-electron chi connectivity index (χ1n) is 6.95. The van der Waals surface area contributed by atoms with Gasteiger partial charge in [0.05, 0.1) is 34.7 Å². The van der Waals surface area contributed by atoms with Gasteiger partial charge < -0.3 is 4.74 Å². The average Bonchev–Trinajstić information content (AvgIpc) is 2.72. The van der Waals surface area contributed by atoms with E-state index in [1.165, 1.54) is 18.1 Å². The van der Waals surface area contributed by atoms with E-state index < -0.39 is 0 Å². The molecular weight excluding hydrogens is 313 g/mol. The first-order chi connectivity index (χ1) is 10.0. The maximum atomic E-state index is 12.6. The molecule has 2 amide bonds. The van der Waals surface area contributed by atoms with Gasteiger partial charge in [0, 0.05) is 6.07 Å². The molecular formula is C15H15Cl2NO3. The lowest BCUT2D eigenvalue weighted by molar-refractivity contribution is -0.122. The summed E-state index contributed by atoms with van der Waals surface area (Å²) in [7, 11) is 1.48. The average molecular weight is 328 g/mol. The fourth-order valence-electron chi connectivity index (χ4n) is 3.25. The van der Waals surface area contributed by atoms with Crippen molar-refractivity contribution in [2.45, 2.75) is 25.7 Å². The molecule has 2 unspecified atom stereocenters. The van der Waals surface area contributed by atoms with Crippen molar-refractivity contribution in [3.63, 3.8) is 0 Å². The fraction of sp³-hybridized carbons (Fsp3) is 0.467. The Hall–Kier alpha value is -1.26. The molecule has 1 aliphatic heterocycles. The molecule has 3 rings (SSSR count). The van der Waals surface area contributed by atoms with E-state index in [4.69, 9.17) is 27.9 Å². The predicted molar refractivity (Wildman–Crippen MR) is 81.0 cm³/mol. The third-order valence-corrected chi connectivity index (χ3v) is 4.90. The number of anilines is 1. The Bertz CT molecular complexity index is 593. The van der Waals surface area contributed by atoms with E-state index >= 15 is 0 Å². The summed E-state index contributed by atoms with van der Waals surface area (Å²) in [5, 5.41) is 0.629. The monoisotopic (exact) mass is 327 g/mol. The van der Waals surface area contributed by atoms with Crippen molar-refractivity contribution in [1.82, 2.24) is 0 Å². The Labute approximate surface area is 133 Å². The molecule has 1 heterocycles. The van der Waals surface area contributed by atoms with Gasteiger partial charge >= 0.3 is 0 Å². The molecule has 1 aliphatic carbocycles. The molecule has 2 aliphatic rings. The van der Waals surface area contributed by atoms with Crippen LogP contribution in [0.1, 0.15) is 25.7 Å². The number of methoxy groups -OCH3 is 1.